The Hall–Kier alpha value is -1.69. The zero-order chi connectivity index (χ0) is 16.9. The van der Waals surface area contributed by atoms with Gasteiger partial charge in [-0.2, -0.15) is 8.78 Å². The van der Waals surface area contributed by atoms with Crippen LogP contribution in [-0.4, -0.2) is 30.3 Å². The van der Waals surface area contributed by atoms with Gasteiger partial charge in [0.05, 0.1) is 6.10 Å². The van der Waals surface area contributed by atoms with E-state index in [-0.39, 0.29) is 17.6 Å². The maximum absolute atomic E-state index is 12.3. The van der Waals surface area contributed by atoms with E-state index in [1.807, 2.05) is 6.92 Å². The number of rotatable bonds is 7. The number of carbonyl (C=O) groups excluding carboxylic acids is 1. The molecule has 1 aromatic rings. The van der Waals surface area contributed by atoms with Crippen molar-refractivity contribution in [2.24, 2.45) is 5.92 Å². The van der Waals surface area contributed by atoms with Crippen LogP contribution in [0.1, 0.15) is 41.8 Å². The average Bonchev–Trinajstić information content (AvgIpc) is 2.38. The Bertz CT molecular complexity index is 495. The van der Waals surface area contributed by atoms with Crippen LogP contribution in [0.2, 0.25) is 0 Å². The van der Waals surface area contributed by atoms with Crippen molar-refractivity contribution in [2.45, 2.75) is 46.8 Å². The normalized spacial score (nSPS) is 13.8. The topological polar surface area (TPSA) is 58.6 Å². The summed E-state index contributed by atoms with van der Waals surface area (Å²) in [6.45, 7) is 4.43. The third-order valence-corrected chi connectivity index (χ3v) is 3.28. The molecule has 124 valence electrons. The number of aliphatic hydroxyl groups is 1. The van der Waals surface area contributed by atoms with Crippen molar-refractivity contribution in [3.63, 3.8) is 0 Å². The molecule has 6 heteroatoms. The van der Waals surface area contributed by atoms with Crippen LogP contribution in [0, 0.1) is 19.8 Å². The monoisotopic (exact) mass is 315 g/mol. The van der Waals surface area contributed by atoms with E-state index < -0.39 is 12.7 Å². The third kappa shape index (κ3) is 5.60. The lowest BCUT2D eigenvalue weighted by atomic mass is 10.0. The maximum atomic E-state index is 12.3. The largest absolute Gasteiger partial charge is 0.434 e. The molecule has 1 aromatic carbocycles. The van der Waals surface area contributed by atoms with Crippen LogP contribution in [0.5, 0.6) is 5.75 Å². The predicted molar refractivity (Wildman–Crippen MR) is 80.3 cm³/mol. The highest BCUT2D eigenvalue weighted by Crippen LogP contribution is 2.26. The molecule has 0 spiro atoms. The molecule has 1 amide bonds. The molecule has 2 atom stereocenters. The molecule has 0 aliphatic carbocycles. The summed E-state index contributed by atoms with van der Waals surface area (Å²) in [5.41, 5.74) is 1.38. The van der Waals surface area contributed by atoms with E-state index in [1.54, 1.807) is 20.8 Å². The summed E-state index contributed by atoms with van der Waals surface area (Å²) in [7, 11) is 0. The molecule has 2 unspecified atom stereocenters. The Morgan fingerprint density at radius 3 is 2.27 bits per heavy atom. The molecule has 0 saturated carbocycles. The zero-order valence-corrected chi connectivity index (χ0v) is 13.3. The van der Waals surface area contributed by atoms with Crippen molar-refractivity contribution in [2.75, 3.05) is 6.54 Å². The summed E-state index contributed by atoms with van der Waals surface area (Å²) in [5, 5.41) is 12.1. The van der Waals surface area contributed by atoms with Crippen molar-refractivity contribution in [3.05, 3.63) is 28.8 Å². The molecule has 0 fully saturated rings. The maximum Gasteiger partial charge on any atom is 0.387 e. The number of hydrogen-bond acceptors (Lipinski definition) is 3. The number of amides is 1. The van der Waals surface area contributed by atoms with Gasteiger partial charge >= 0.3 is 6.61 Å². The van der Waals surface area contributed by atoms with Gasteiger partial charge in [-0.3, -0.25) is 4.79 Å². The van der Waals surface area contributed by atoms with Crippen molar-refractivity contribution in [1.29, 1.82) is 0 Å². The molecule has 0 saturated heterocycles. The standard InChI is InChI=1S/C16H23F2NO3/c1-9(5-12(4)20)8-19-15(21)13-6-10(2)14(11(3)7-13)22-16(17)18/h6-7,9,12,16,20H,5,8H2,1-4H3,(H,19,21). The van der Waals surface area contributed by atoms with Crippen LogP contribution >= 0.6 is 0 Å². The van der Waals surface area contributed by atoms with E-state index in [4.69, 9.17) is 0 Å². The smallest absolute Gasteiger partial charge is 0.387 e. The number of halogens is 2. The molecule has 0 aliphatic rings. The summed E-state index contributed by atoms with van der Waals surface area (Å²) in [6.07, 6.45) is 0.182. The van der Waals surface area contributed by atoms with Crippen LogP contribution in [0.15, 0.2) is 12.1 Å². The molecule has 1 rings (SSSR count). The molecule has 0 bridgehead atoms. The second-order valence-electron chi connectivity index (χ2n) is 5.72. The Morgan fingerprint density at radius 2 is 1.82 bits per heavy atom. The molecule has 4 nitrogen and oxygen atoms in total. The summed E-state index contributed by atoms with van der Waals surface area (Å²) in [5.74, 6) is -0.0196. The van der Waals surface area contributed by atoms with Gasteiger partial charge in [0.15, 0.2) is 0 Å². The highest BCUT2D eigenvalue weighted by molar-refractivity contribution is 5.94. The fourth-order valence-electron chi connectivity index (χ4n) is 2.39. The first kappa shape index (κ1) is 18.4. The minimum atomic E-state index is -2.89. The lowest BCUT2D eigenvalue weighted by Gasteiger charge is -2.16. The van der Waals surface area contributed by atoms with Gasteiger partial charge in [-0.05, 0) is 56.4 Å². The van der Waals surface area contributed by atoms with Crippen LogP contribution in [0.4, 0.5) is 8.78 Å². The second-order valence-corrected chi connectivity index (χ2v) is 5.72. The number of alkyl halides is 2. The number of hydrogen-bond donors (Lipinski definition) is 2. The molecular weight excluding hydrogens is 292 g/mol. The van der Waals surface area contributed by atoms with Crippen molar-refractivity contribution >= 4 is 5.91 Å². The van der Waals surface area contributed by atoms with Crippen LogP contribution in [0.25, 0.3) is 0 Å². The molecule has 0 aromatic heterocycles. The van der Waals surface area contributed by atoms with Crippen molar-refractivity contribution in [3.8, 4) is 5.75 Å². The van der Waals surface area contributed by atoms with E-state index >= 15 is 0 Å². The summed E-state index contributed by atoms with van der Waals surface area (Å²) < 4.78 is 29.1. The van der Waals surface area contributed by atoms with E-state index in [0.29, 0.717) is 29.7 Å². The average molecular weight is 315 g/mol. The minimum absolute atomic E-state index is 0.106. The van der Waals surface area contributed by atoms with Gasteiger partial charge in [0.2, 0.25) is 0 Å². The molecule has 0 radical (unpaired) electrons. The Balaban J connectivity index is 2.74. The van der Waals surface area contributed by atoms with E-state index in [9.17, 15) is 18.7 Å². The fraction of sp³-hybridized carbons (Fsp3) is 0.562. The SMILES string of the molecule is Cc1cc(C(=O)NCC(C)CC(C)O)cc(C)c1OC(F)F. The van der Waals surface area contributed by atoms with Gasteiger partial charge in [0.1, 0.15) is 5.75 Å². The first-order valence-electron chi connectivity index (χ1n) is 7.23. The number of aryl methyl sites for hydroxylation is 2. The molecular formula is C16H23F2NO3. The highest BCUT2D eigenvalue weighted by Gasteiger charge is 2.15. The number of carbonyl (C=O) groups is 1. The van der Waals surface area contributed by atoms with Gasteiger partial charge in [0.25, 0.3) is 5.91 Å². The molecule has 2 N–H and O–H groups in total. The second kappa shape index (κ2) is 8.08. The summed E-state index contributed by atoms with van der Waals surface area (Å²) in [6, 6.07) is 3.05. The lowest BCUT2D eigenvalue weighted by molar-refractivity contribution is -0.0507. The van der Waals surface area contributed by atoms with E-state index in [1.165, 1.54) is 12.1 Å². The minimum Gasteiger partial charge on any atom is -0.434 e. The van der Waals surface area contributed by atoms with Crippen molar-refractivity contribution < 1.29 is 23.4 Å². The Morgan fingerprint density at radius 1 is 1.27 bits per heavy atom. The molecule has 0 heterocycles. The summed E-state index contributed by atoms with van der Waals surface area (Å²) in [4.78, 5) is 12.1. The predicted octanol–water partition coefficient (Wildman–Crippen LogP) is 3.04. The van der Waals surface area contributed by atoms with Crippen LogP contribution < -0.4 is 10.1 Å². The van der Waals surface area contributed by atoms with Gasteiger partial charge in [-0.15, -0.1) is 0 Å². The first-order chi connectivity index (χ1) is 10.2. The number of ether oxygens (including phenoxy) is 1. The lowest BCUT2D eigenvalue weighted by Crippen LogP contribution is -2.29. The molecule has 0 aliphatic heterocycles. The first-order valence-corrected chi connectivity index (χ1v) is 7.23. The Kier molecular flexibility index (Phi) is 6.74. The van der Waals surface area contributed by atoms with Crippen LogP contribution in [-0.2, 0) is 0 Å². The van der Waals surface area contributed by atoms with Crippen LogP contribution in [0.3, 0.4) is 0 Å². The van der Waals surface area contributed by atoms with Crippen molar-refractivity contribution in [1.82, 2.24) is 5.32 Å². The number of benzene rings is 1. The van der Waals surface area contributed by atoms with Gasteiger partial charge in [-0.25, -0.2) is 0 Å². The fourth-order valence-corrected chi connectivity index (χ4v) is 2.39. The highest BCUT2D eigenvalue weighted by atomic mass is 19.3. The van der Waals surface area contributed by atoms with E-state index in [2.05, 4.69) is 10.1 Å². The Labute approximate surface area is 129 Å². The third-order valence-electron chi connectivity index (χ3n) is 3.28. The van der Waals surface area contributed by atoms with Gasteiger partial charge in [-0.1, -0.05) is 6.92 Å². The summed E-state index contributed by atoms with van der Waals surface area (Å²) >= 11 is 0. The zero-order valence-electron chi connectivity index (χ0n) is 13.3. The number of nitrogens with one attached hydrogen (secondary N) is 1. The number of aliphatic hydroxyl groups excluding tert-OH is 1. The quantitative estimate of drug-likeness (QED) is 0.813. The van der Waals surface area contributed by atoms with E-state index in [0.717, 1.165) is 0 Å². The van der Waals surface area contributed by atoms with Gasteiger partial charge in [0, 0.05) is 12.1 Å². The van der Waals surface area contributed by atoms with Gasteiger partial charge < -0.3 is 15.2 Å². The molecule has 22 heavy (non-hydrogen) atoms.